The number of nitrogens with one attached hydrogen (secondary N) is 1. The molecule has 1 aromatic rings. The molecule has 0 heterocycles. The van der Waals surface area contributed by atoms with E-state index in [9.17, 15) is 0 Å². The van der Waals surface area contributed by atoms with Crippen LogP contribution in [0.25, 0.3) is 0 Å². The maximum atomic E-state index is 8.64. The Labute approximate surface area is 80.3 Å². The summed E-state index contributed by atoms with van der Waals surface area (Å²) < 4.78 is 0.837. The molecule has 12 heavy (non-hydrogen) atoms. The van der Waals surface area contributed by atoms with Crippen LogP contribution in [0.4, 0.5) is 5.69 Å². The van der Waals surface area contributed by atoms with E-state index >= 15 is 0 Å². The van der Waals surface area contributed by atoms with E-state index in [1.165, 1.54) is 0 Å². The number of nitrogens with zero attached hydrogens (tertiary/aromatic N) is 1. The van der Waals surface area contributed by atoms with Gasteiger partial charge in [-0.3, -0.25) is 0 Å². The molecule has 2 nitrogen and oxygen atoms in total. The zero-order chi connectivity index (χ0) is 8.97. The number of hydrogen-bond donors (Lipinski definition) is 1. The smallest absolute Gasteiger partial charge is 0.100 e. The van der Waals surface area contributed by atoms with E-state index in [4.69, 9.17) is 5.26 Å². The summed E-state index contributed by atoms with van der Waals surface area (Å²) in [5.74, 6) is 0. The number of anilines is 1. The minimum absolute atomic E-state index is 0.664. The number of hydrogen-bond acceptors (Lipinski definition) is 2. The lowest BCUT2D eigenvalue weighted by Crippen LogP contribution is -1.96. The molecule has 0 radical (unpaired) electrons. The number of benzene rings is 1. The highest BCUT2D eigenvalue weighted by atomic mass is 79.9. The zero-order valence-electron chi connectivity index (χ0n) is 6.76. The molecule has 0 atom stereocenters. The van der Waals surface area contributed by atoms with Crippen LogP contribution in [0.2, 0.25) is 0 Å². The lowest BCUT2D eigenvalue weighted by atomic mass is 10.2. The summed E-state index contributed by atoms with van der Waals surface area (Å²) in [6, 6.07) is 7.68. The first-order valence-corrected chi connectivity index (χ1v) is 4.50. The summed E-state index contributed by atoms with van der Waals surface area (Å²) in [6.07, 6.45) is 0. The lowest BCUT2D eigenvalue weighted by molar-refractivity contribution is 1.21. The van der Waals surface area contributed by atoms with E-state index in [0.29, 0.717) is 5.56 Å². The first-order chi connectivity index (χ1) is 5.77. The Bertz CT molecular complexity index is 315. The molecule has 0 saturated carbocycles. The maximum Gasteiger partial charge on any atom is 0.100 e. The molecule has 3 heteroatoms. The normalized spacial score (nSPS) is 9.08. The SMILES string of the molecule is CCNc1ccc(C#N)c(Br)c1. The fourth-order valence-corrected chi connectivity index (χ4v) is 1.39. The molecule has 0 aliphatic heterocycles. The van der Waals surface area contributed by atoms with Gasteiger partial charge in [-0.25, -0.2) is 0 Å². The monoisotopic (exact) mass is 224 g/mol. The van der Waals surface area contributed by atoms with E-state index in [1.54, 1.807) is 6.07 Å². The Morgan fingerprint density at radius 3 is 2.83 bits per heavy atom. The Hall–Kier alpha value is -1.01. The Balaban J connectivity index is 2.96. The van der Waals surface area contributed by atoms with Crippen molar-refractivity contribution < 1.29 is 0 Å². The molecule has 62 valence electrons. The van der Waals surface area contributed by atoms with Crippen LogP contribution in [-0.4, -0.2) is 6.54 Å². The van der Waals surface area contributed by atoms with Crippen LogP contribution in [0, 0.1) is 11.3 Å². The van der Waals surface area contributed by atoms with Crippen LogP contribution in [0.1, 0.15) is 12.5 Å². The Morgan fingerprint density at radius 1 is 1.58 bits per heavy atom. The van der Waals surface area contributed by atoms with Gasteiger partial charge in [0.05, 0.1) is 5.56 Å². The molecule has 0 saturated heterocycles. The van der Waals surface area contributed by atoms with Gasteiger partial charge < -0.3 is 5.32 Å². The molecule has 0 bridgehead atoms. The average Bonchev–Trinajstić information content (AvgIpc) is 2.05. The Morgan fingerprint density at radius 2 is 2.33 bits per heavy atom. The molecule has 0 fully saturated rings. The third kappa shape index (κ3) is 1.99. The second-order valence-electron chi connectivity index (χ2n) is 2.34. The van der Waals surface area contributed by atoms with Crippen LogP contribution < -0.4 is 5.32 Å². The summed E-state index contributed by atoms with van der Waals surface area (Å²) >= 11 is 3.31. The number of nitriles is 1. The Kier molecular flexibility index (Phi) is 3.12. The highest BCUT2D eigenvalue weighted by Crippen LogP contribution is 2.20. The zero-order valence-corrected chi connectivity index (χ0v) is 8.35. The lowest BCUT2D eigenvalue weighted by Gasteiger charge is -2.03. The van der Waals surface area contributed by atoms with E-state index in [2.05, 4.69) is 27.3 Å². The fourth-order valence-electron chi connectivity index (χ4n) is 0.920. The van der Waals surface area contributed by atoms with Crippen LogP contribution >= 0.6 is 15.9 Å². The van der Waals surface area contributed by atoms with Gasteiger partial charge in [0.25, 0.3) is 0 Å². The highest BCUT2D eigenvalue weighted by Gasteiger charge is 1.98. The summed E-state index contributed by atoms with van der Waals surface area (Å²) in [5.41, 5.74) is 1.69. The van der Waals surface area contributed by atoms with Crippen LogP contribution in [0.15, 0.2) is 22.7 Å². The van der Waals surface area contributed by atoms with Crippen LogP contribution in [0.5, 0.6) is 0 Å². The van der Waals surface area contributed by atoms with Gasteiger partial charge in [0, 0.05) is 16.7 Å². The third-order valence-corrected chi connectivity index (χ3v) is 2.13. The van der Waals surface area contributed by atoms with Crippen molar-refractivity contribution in [3.05, 3.63) is 28.2 Å². The summed E-state index contributed by atoms with van der Waals surface area (Å²) in [4.78, 5) is 0. The van der Waals surface area contributed by atoms with Crippen molar-refractivity contribution >= 4 is 21.6 Å². The summed E-state index contributed by atoms with van der Waals surface area (Å²) in [6.45, 7) is 2.92. The molecule has 0 aliphatic carbocycles. The van der Waals surface area contributed by atoms with Crippen molar-refractivity contribution in [1.82, 2.24) is 0 Å². The second-order valence-corrected chi connectivity index (χ2v) is 3.19. The van der Waals surface area contributed by atoms with Crippen molar-refractivity contribution in [3.63, 3.8) is 0 Å². The molecular weight excluding hydrogens is 216 g/mol. The predicted molar refractivity (Wildman–Crippen MR) is 53.0 cm³/mol. The molecule has 0 aromatic heterocycles. The van der Waals surface area contributed by atoms with E-state index in [0.717, 1.165) is 16.7 Å². The van der Waals surface area contributed by atoms with Crippen LogP contribution in [0.3, 0.4) is 0 Å². The first kappa shape index (κ1) is 9.08. The minimum Gasteiger partial charge on any atom is -0.385 e. The van der Waals surface area contributed by atoms with Crippen molar-refractivity contribution in [2.75, 3.05) is 11.9 Å². The van der Waals surface area contributed by atoms with Gasteiger partial charge in [0.15, 0.2) is 0 Å². The minimum atomic E-state index is 0.664. The average molecular weight is 225 g/mol. The van der Waals surface area contributed by atoms with Gasteiger partial charge >= 0.3 is 0 Å². The molecule has 0 unspecified atom stereocenters. The van der Waals surface area contributed by atoms with Crippen molar-refractivity contribution in [2.45, 2.75) is 6.92 Å². The molecule has 1 N–H and O–H groups in total. The number of halogens is 1. The predicted octanol–water partition coefficient (Wildman–Crippen LogP) is 2.75. The first-order valence-electron chi connectivity index (χ1n) is 3.71. The largest absolute Gasteiger partial charge is 0.385 e. The quantitative estimate of drug-likeness (QED) is 0.839. The topological polar surface area (TPSA) is 35.8 Å². The van der Waals surface area contributed by atoms with Gasteiger partial charge in [0.2, 0.25) is 0 Å². The summed E-state index contributed by atoms with van der Waals surface area (Å²) in [7, 11) is 0. The molecule has 1 rings (SSSR count). The van der Waals surface area contributed by atoms with E-state index in [-0.39, 0.29) is 0 Å². The van der Waals surface area contributed by atoms with Gasteiger partial charge in [-0.05, 0) is 41.1 Å². The summed E-state index contributed by atoms with van der Waals surface area (Å²) in [5, 5.41) is 11.8. The van der Waals surface area contributed by atoms with Gasteiger partial charge in [-0.15, -0.1) is 0 Å². The van der Waals surface area contributed by atoms with Gasteiger partial charge in [-0.2, -0.15) is 5.26 Å². The van der Waals surface area contributed by atoms with Crippen molar-refractivity contribution in [1.29, 1.82) is 5.26 Å². The molecule has 0 spiro atoms. The van der Waals surface area contributed by atoms with Gasteiger partial charge in [-0.1, -0.05) is 0 Å². The third-order valence-electron chi connectivity index (χ3n) is 1.47. The maximum absolute atomic E-state index is 8.64. The molecule has 0 amide bonds. The van der Waals surface area contributed by atoms with Gasteiger partial charge in [0.1, 0.15) is 6.07 Å². The molecular formula is C9H9BrN2. The molecule has 1 aromatic carbocycles. The van der Waals surface area contributed by atoms with Crippen LogP contribution in [-0.2, 0) is 0 Å². The van der Waals surface area contributed by atoms with E-state index < -0.39 is 0 Å². The van der Waals surface area contributed by atoms with E-state index in [1.807, 2.05) is 19.1 Å². The molecule has 0 aliphatic rings. The van der Waals surface area contributed by atoms with Crippen molar-refractivity contribution in [2.24, 2.45) is 0 Å². The highest BCUT2D eigenvalue weighted by molar-refractivity contribution is 9.10. The standard InChI is InChI=1S/C9H9BrN2/c1-2-12-8-4-3-7(6-11)9(10)5-8/h3-5,12H,2H2,1H3. The van der Waals surface area contributed by atoms with Crippen molar-refractivity contribution in [3.8, 4) is 6.07 Å². The second kappa shape index (κ2) is 4.13. The number of rotatable bonds is 2. The fraction of sp³-hybridized carbons (Fsp3) is 0.222.